The van der Waals surface area contributed by atoms with Crippen LogP contribution in [0.4, 0.5) is 0 Å². The largest absolute Gasteiger partial charge is 0.380 e. The first-order valence-electron chi connectivity index (χ1n) is 7.16. The molecule has 6 heteroatoms. The van der Waals surface area contributed by atoms with E-state index in [1.807, 2.05) is 6.92 Å². The monoisotopic (exact) mass is 292 g/mol. The van der Waals surface area contributed by atoms with Gasteiger partial charge in [0.05, 0.1) is 17.9 Å². The van der Waals surface area contributed by atoms with Gasteiger partial charge in [0.15, 0.2) is 0 Å². The van der Waals surface area contributed by atoms with Gasteiger partial charge in [-0.15, -0.1) is 0 Å². The average Bonchev–Trinajstić information content (AvgIpc) is 2.27. The molecule has 0 radical (unpaired) electrons. The summed E-state index contributed by atoms with van der Waals surface area (Å²) in [5, 5.41) is 3.29. The molecule has 0 saturated carbocycles. The lowest BCUT2D eigenvalue weighted by Gasteiger charge is -2.33. The maximum Gasteiger partial charge on any atom is 0.212 e. The Hall–Kier alpha value is -0.170. The zero-order valence-electron chi connectivity index (χ0n) is 12.4. The van der Waals surface area contributed by atoms with E-state index in [-0.39, 0.29) is 5.75 Å². The summed E-state index contributed by atoms with van der Waals surface area (Å²) in [7, 11) is -3.20. The van der Waals surface area contributed by atoms with E-state index in [1.54, 1.807) is 0 Å². The van der Waals surface area contributed by atoms with E-state index in [0.717, 1.165) is 32.4 Å². The van der Waals surface area contributed by atoms with E-state index in [1.165, 1.54) is 0 Å². The Bertz CT molecular complexity index is 349. The number of nitrogens with one attached hydrogen (secondary N) is 2. The van der Waals surface area contributed by atoms with Crippen molar-refractivity contribution in [3.63, 3.8) is 0 Å². The third kappa shape index (κ3) is 7.25. The summed E-state index contributed by atoms with van der Waals surface area (Å²) in [4.78, 5) is 0. The molecule has 5 nitrogen and oxygen atoms in total. The first-order chi connectivity index (χ1) is 8.83. The SMILES string of the molecule is CC(C)NCCCCS(=O)(=O)NC1(C)CCCOC1. The van der Waals surface area contributed by atoms with Gasteiger partial charge in [0, 0.05) is 12.6 Å². The molecule has 2 N–H and O–H groups in total. The molecule has 1 aliphatic heterocycles. The van der Waals surface area contributed by atoms with Gasteiger partial charge >= 0.3 is 0 Å². The smallest absolute Gasteiger partial charge is 0.212 e. The van der Waals surface area contributed by atoms with Gasteiger partial charge in [0.2, 0.25) is 10.0 Å². The summed E-state index contributed by atoms with van der Waals surface area (Å²) >= 11 is 0. The van der Waals surface area contributed by atoms with Crippen molar-refractivity contribution in [2.24, 2.45) is 0 Å². The Kier molecular flexibility index (Phi) is 6.73. The van der Waals surface area contributed by atoms with Crippen LogP contribution >= 0.6 is 0 Å². The van der Waals surface area contributed by atoms with Crippen molar-refractivity contribution >= 4 is 10.0 Å². The molecule has 0 aliphatic carbocycles. The number of rotatable bonds is 8. The molecule has 0 aromatic rings. The molecule has 0 amide bonds. The van der Waals surface area contributed by atoms with Crippen LogP contribution in [0.5, 0.6) is 0 Å². The second kappa shape index (κ2) is 7.57. The molecule has 1 atom stereocenters. The second-order valence-corrected chi connectivity index (χ2v) is 7.80. The number of ether oxygens (including phenoxy) is 1. The van der Waals surface area contributed by atoms with E-state index >= 15 is 0 Å². The molecular weight excluding hydrogens is 264 g/mol. The highest BCUT2D eigenvalue weighted by molar-refractivity contribution is 7.89. The lowest BCUT2D eigenvalue weighted by Crippen LogP contribution is -2.52. The van der Waals surface area contributed by atoms with Gasteiger partial charge in [-0.2, -0.15) is 0 Å². The third-order valence-corrected chi connectivity index (χ3v) is 4.86. The van der Waals surface area contributed by atoms with E-state index in [9.17, 15) is 8.42 Å². The summed E-state index contributed by atoms with van der Waals surface area (Å²) in [6.07, 6.45) is 3.33. The molecule has 19 heavy (non-hydrogen) atoms. The molecule has 0 aromatic heterocycles. The highest BCUT2D eigenvalue weighted by atomic mass is 32.2. The van der Waals surface area contributed by atoms with Gasteiger partial charge in [-0.3, -0.25) is 0 Å². The van der Waals surface area contributed by atoms with Gasteiger partial charge in [-0.05, 0) is 39.2 Å². The lowest BCUT2D eigenvalue weighted by molar-refractivity contribution is 0.0386. The van der Waals surface area contributed by atoms with E-state index in [0.29, 0.717) is 19.1 Å². The molecule has 114 valence electrons. The first-order valence-corrected chi connectivity index (χ1v) is 8.81. The Balaban J connectivity index is 2.27. The van der Waals surface area contributed by atoms with Gasteiger partial charge in [-0.25, -0.2) is 13.1 Å². The van der Waals surface area contributed by atoms with Crippen LogP contribution in [0.3, 0.4) is 0 Å². The van der Waals surface area contributed by atoms with Crippen molar-refractivity contribution in [1.82, 2.24) is 10.0 Å². The Labute approximate surface area is 117 Å². The summed E-state index contributed by atoms with van der Waals surface area (Å²) in [5.41, 5.74) is -0.423. The van der Waals surface area contributed by atoms with Crippen LogP contribution in [0.1, 0.15) is 46.5 Å². The van der Waals surface area contributed by atoms with Crippen molar-refractivity contribution < 1.29 is 13.2 Å². The zero-order chi connectivity index (χ0) is 14.4. The van der Waals surface area contributed by atoms with E-state index in [4.69, 9.17) is 4.74 Å². The average molecular weight is 292 g/mol. The number of hydrogen-bond acceptors (Lipinski definition) is 4. The molecule has 0 bridgehead atoms. The number of sulfonamides is 1. The second-order valence-electron chi connectivity index (χ2n) is 5.95. The van der Waals surface area contributed by atoms with Gasteiger partial charge in [-0.1, -0.05) is 13.8 Å². The van der Waals surface area contributed by atoms with Crippen LogP contribution in [-0.2, 0) is 14.8 Å². The predicted molar refractivity (Wildman–Crippen MR) is 77.8 cm³/mol. The van der Waals surface area contributed by atoms with Crippen LogP contribution in [0.2, 0.25) is 0 Å². The predicted octanol–water partition coefficient (Wildman–Crippen LogP) is 1.25. The fourth-order valence-corrected chi connectivity index (χ4v) is 3.85. The Morgan fingerprint density at radius 3 is 2.63 bits per heavy atom. The van der Waals surface area contributed by atoms with Crippen LogP contribution in [0.15, 0.2) is 0 Å². The molecular formula is C13H28N2O3S. The quantitative estimate of drug-likeness (QED) is 0.661. The molecule has 1 heterocycles. The van der Waals surface area contributed by atoms with Gasteiger partial charge in [0.1, 0.15) is 0 Å². The highest BCUT2D eigenvalue weighted by Gasteiger charge is 2.31. The molecule has 1 rings (SSSR count). The fourth-order valence-electron chi connectivity index (χ4n) is 2.25. The maximum absolute atomic E-state index is 12.0. The number of hydrogen-bond donors (Lipinski definition) is 2. The van der Waals surface area contributed by atoms with Gasteiger partial charge < -0.3 is 10.1 Å². The van der Waals surface area contributed by atoms with Crippen LogP contribution in [-0.4, -0.2) is 45.5 Å². The zero-order valence-corrected chi connectivity index (χ0v) is 13.2. The van der Waals surface area contributed by atoms with Crippen LogP contribution in [0, 0.1) is 0 Å². The van der Waals surface area contributed by atoms with Crippen LogP contribution in [0.25, 0.3) is 0 Å². The van der Waals surface area contributed by atoms with Gasteiger partial charge in [0.25, 0.3) is 0 Å². The van der Waals surface area contributed by atoms with Crippen molar-refractivity contribution in [3.8, 4) is 0 Å². The lowest BCUT2D eigenvalue weighted by atomic mass is 9.97. The van der Waals surface area contributed by atoms with Crippen molar-refractivity contribution in [2.75, 3.05) is 25.5 Å². The third-order valence-electron chi connectivity index (χ3n) is 3.23. The normalized spacial score (nSPS) is 24.8. The minimum absolute atomic E-state index is 0.197. The Morgan fingerprint density at radius 1 is 1.32 bits per heavy atom. The fraction of sp³-hybridized carbons (Fsp3) is 1.00. The van der Waals surface area contributed by atoms with Crippen molar-refractivity contribution in [2.45, 2.75) is 58.0 Å². The minimum Gasteiger partial charge on any atom is -0.380 e. The minimum atomic E-state index is -3.20. The molecule has 1 aliphatic rings. The highest BCUT2D eigenvalue weighted by Crippen LogP contribution is 2.19. The van der Waals surface area contributed by atoms with E-state index in [2.05, 4.69) is 23.9 Å². The summed E-state index contributed by atoms with van der Waals surface area (Å²) in [5.74, 6) is 0.197. The standard InChI is InChI=1S/C13H28N2O3S/c1-12(2)14-8-4-5-10-19(16,17)15-13(3)7-6-9-18-11-13/h12,14-15H,4-11H2,1-3H3. The topological polar surface area (TPSA) is 67.4 Å². The summed E-state index contributed by atoms with van der Waals surface area (Å²) in [6, 6.07) is 0.452. The maximum atomic E-state index is 12.0. The van der Waals surface area contributed by atoms with E-state index < -0.39 is 15.6 Å². The van der Waals surface area contributed by atoms with Crippen molar-refractivity contribution in [3.05, 3.63) is 0 Å². The first kappa shape index (κ1) is 16.9. The molecule has 0 spiro atoms. The van der Waals surface area contributed by atoms with Crippen LogP contribution < -0.4 is 10.0 Å². The van der Waals surface area contributed by atoms with Crippen molar-refractivity contribution in [1.29, 1.82) is 0 Å². The molecule has 1 saturated heterocycles. The summed E-state index contributed by atoms with van der Waals surface area (Å²) in [6.45, 7) is 8.17. The molecule has 1 unspecified atom stereocenters. The Morgan fingerprint density at radius 2 is 2.05 bits per heavy atom. The number of unbranched alkanes of at least 4 members (excludes halogenated alkanes) is 1. The summed E-state index contributed by atoms with van der Waals surface area (Å²) < 4.78 is 32.2. The molecule has 0 aromatic carbocycles. The molecule has 1 fully saturated rings.